The Labute approximate surface area is 130 Å². The highest BCUT2D eigenvalue weighted by Gasteiger charge is 2.10. The molecule has 1 aromatic heterocycles. The van der Waals surface area contributed by atoms with Crippen LogP contribution in [0.1, 0.15) is 15.9 Å². The Balaban J connectivity index is 2.13. The van der Waals surface area contributed by atoms with E-state index < -0.39 is 5.91 Å². The van der Waals surface area contributed by atoms with E-state index in [1.807, 2.05) is 6.07 Å². The van der Waals surface area contributed by atoms with E-state index in [0.717, 1.165) is 5.56 Å². The summed E-state index contributed by atoms with van der Waals surface area (Å²) in [7, 11) is 0. The van der Waals surface area contributed by atoms with E-state index in [1.54, 1.807) is 42.7 Å². The van der Waals surface area contributed by atoms with Crippen molar-refractivity contribution in [2.45, 2.75) is 0 Å². The lowest BCUT2D eigenvalue weighted by Gasteiger charge is -2.07. The maximum atomic E-state index is 11.9. The van der Waals surface area contributed by atoms with Gasteiger partial charge in [0.15, 0.2) is 0 Å². The van der Waals surface area contributed by atoms with Gasteiger partial charge in [0.1, 0.15) is 0 Å². The number of carbonyl (C=O) groups excluding carboxylic acids is 2. The number of halogens is 1. The van der Waals surface area contributed by atoms with Gasteiger partial charge >= 0.3 is 0 Å². The normalized spacial score (nSPS) is 10.5. The number of nitrogens with two attached hydrogens (primary N) is 1. The molecule has 0 saturated carbocycles. The number of anilines is 1. The minimum atomic E-state index is -0.608. The zero-order valence-electron chi connectivity index (χ0n) is 10.9. The van der Waals surface area contributed by atoms with Crippen molar-refractivity contribution in [3.63, 3.8) is 0 Å². The standard InChI is InChI=1S/C15H12BrN3O2/c16-11-4-5-13(12(8-11)15(17)21)19-14(20)6-3-10-2-1-7-18-9-10/h1-9H,(H2,17,21)(H,19,20)/b6-3+. The minimum absolute atomic E-state index is 0.243. The second kappa shape index (κ2) is 6.81. The predicted molar refractivity (Wildman–Crippen MR) is 84.6 cm³/mol. The monoisotopic (exact) mass is 345 g/mol. The van der Waals surface area contributed by atoms with Crippen molar-refractivity contribution in [3.8, 4) is 0 Å². The molecule has 1 aromatic carbocycles. The molecule has 2 rings (SSSR count). The predicted octanol–water partition coefficient (Wildman–Crippen LogP) is 2.59. The van der Waals surface area contributed by atoms with Crippen molar-refractivity contribution in [3.05, 3.63) is 64.4 Å². The fourth-order valence-corrected chi connectivity index (χ4v) is 2.01. The highest BCUT2D eigenvalue weighted by Crippen LogP contribution is 2.20. The first kappa shape index (κ1) is 14.9. The fourth-order valence-electron chi connectivity index (χ4n) is 1.65. The minimum Gasteiger partial charge on any atom is -0.366 e. The molecule has 6 heteroatoms. The molecule has 2 amide bonds. The lowest BCUT2D eigenvalue weighted by molar-refractivity contribution is -0.111. The summed E-state index contributed by atoms with van der Waals surface area (Å²) in [5.41, 5.74) is 6.70. The fraction of sp³-hybridized carbons (Fsp3) is 0. The number of rotatable bonds is 4. The smallest absolute Gasteiger partial charge is 0.250 e. The third-order valence-corrected chi connectivity index (χ3v) is 3.11. The van der Waals surface area contributed by atoms with Crippen molar-refractivity contribution >= 4 is 39.5 Å². The Bertz CT molecular complexity index is 699. The Morgan fingerprint density at radius 1 is 1.29 bits per heavy atom. The summed E-state index contributed by atoms with van der Waals surface area (Å²) in [6.45, 7) is 0. The Morgan fingerprint density at radius 2 is 2.10 bits per heavy atom. The van der Waals surface area contributed by atoms with E-state index in [1.165, 1.54) is 6.08 Å². The van der Waals surface area contributed by atoms with E-state index in [4.69, 9.17) is 5.73 Å². The highest BCUT2D eigenvalue weighted by molar-refractivity contribution is 9.10. The number of aromatic nitrogens is 1. The van der Waals surface area contributed by atoms with Crippen LogP contribution in [0.15, 0.2) is 53.3 Å². The number of amides is 2. The molecular formula is C15H12BrN3O2. The van der Waals surface area contributed by atoms with Gasteiger partial charge in [0, 0.05) is 22.9 Å². The number of benzene rings is 1. The van der Waals surface area contributed by atoms with Crippen LogP contribution in [-0.2, 0) is 4.79 Å². The maximum Gasteiger partial charge on any atom is 0.250 e. The van der Waals surface area contributed by atoms with Crippen molar-refractivity contribution < 1.29 is 9.59 Å². The number of nitrogens with one attached hydrogen (secondary N) is 1. The molecule has 0 aliphatic heterocycles. The maximum absolute atomic E-state index is 11.9. The third kappa shape index (κ3) is 4.25. The van der Waals surface area contributed by atoms with Crippen molar-refractivity contribution in [1.82, 2.24) is 4.98 Å². The molecule has 106 valence electrons. The molecule has 0 unspecified atom stereocenters. The van der Waals surface area contributed by atoms with Gasteiger partial charge in [-0.3, -0.25) is 14.6 Å². The first-order valence-electron chi connectivity index (χ1n) is 6.05. The summed E-state index contributed by atoms with van der Waals surface area (Å²) >= 11 is 3.25. The van der Waals surface area contributed by atoms with E-state index in [9.17, 15) is 9.59 Å². The molecule has 3 N–H and O–H groups in total. The number of hydrogen-bond donors (Lipinski definition) is 2. The molecule has 0 atom stereocenters. The Hall–Kier alpha value is -2.47. The van der Waals surface area contributed by atoms with Gasteiger partial charge in [0.05, 0.1) is 11.3 Å². The summed E-state index contributed by atoms with van der Waals surface area (Å²) in [5, 5.41) is 2.62. The van der Waals surface area contributed by atoms with Crippen molar-refractivity contribution in [2.24, 2.45) is 5.73 Å². The van der Waals surface area contributed by atoms with Crippen molar-refractivity contribution in [1.29, 1.82) is 0 Å². The molecule has 0 fully saturated rings. The second-order valence-electron chi connectivity index (χ2n) is 4.16. The number of primary amides is 1. The average Bonchev–Trinajstić information content (AvgIpc) is 2.48. The third-order valence-electron chi connectivity index (χ3n) is 2.62. The number of pyridine rings is 1. The molecule has 0 spiro atoms. The summed E-state index contributed by atoms with van der Waals surface area (Å²) in [6.07, 6.45) is 6.28. The number of hydrogen-bond acceptors (Lipinski definition) is 3. The van der Waals surface area contributed by atoms with Crippen LogP contribution in [-0.4, -0.2) is 16.8 Å². The molecule has 0 saturated heterocycles. The van der Waals surface area contributed by atoms with Crippen LogP contribution in [0, 0.1) is 0 Å². The zero-order chi connectivity index (χ0) is 15.2. The number of nitrogens with zero attached hydrogens (tertiary/aromatic N) is 1. The van der Waals surface area contributed by atoms with E-state index in [0.29, 0.717) is 10.2 Å². The summed E-state index contributed by atoms with van der Waals surface area (Å²) in [5.74, 6) is -0.966. The first-order chi connectivity index (χ1) is 10.1. The Morgan fingerprint density at radius 3 is 2.76 bits per heavy atom. The van der Waals surface area contributed by atoms with E-state index in [2.05, 4.69) is 26.2 Å². The quantitative estimate of drug-likeness (QED) is 0.835. The SMILES string of the molecule is NC(=O)c1cc(Br)ccc1NC(=O)/C=C/c1cccnc1. The summed E-state index contributed by atoms with van der Waals surface area (Å²) in [6, 6.07) is 8.48. The molecule has 0 bridgehead atoms. The van der Waals surface area contributed by atoms with Gasteiger partial charge < -0.3 is 11.1 Å². The molecule has 21 heavy (non-hydrogen) atoms. The van der Waals surface area contributed by atoms with Gasteiger partial charge in [0.2, 0.25) is 5.91 Å². The first-order valence-corrected chi connectivity index (χ1v) is 6.84. The highest BCUT2D eigenvalue weighted by atomic mass is 79.9. The molecule has 0 aliphatic rings. The molecule has 2 aromatic rings. The lowest BCUT2D eigenvalue weighted by Crippen LogP contribution is -2.16. The van der Waals surface area contributed by atoms with Crippen LogP contribution in [0.2, 0.25) is 0 Å². The zero-order valence-corrected chi connectivity index (χ0v) is 12.5. The van der Waals surface area contributed by atoms with Crippen LogP contribution >= 0.6 is 15.9 Å². The van der Waals surface area contributed by atoms with Gasteiger partial charge in [-0.25, -0.2) is 0 Å². The van der Waals surface area contributed by atoms with Gasteiger partial charge in [-0.1, -0.05) is 22.0 Å². The van der Waals surface area contributed by atoms with Gasteiger partial charge in [-0.05, 0) is 35.9 Å². The largest absolute Gasteiger partial charge is 0.366 e. The second-order valence-corrected chi connectivity index (χ2v) is 5.08. The molecular weight excluding hydrogens is 334 g/mol. The molecule has 0 radical (unpaired) electrons. The Kier molecular flexibility index (Phi) is 4.84. The lowest BCUT2D eigenvalue weighted by atomic mass is 10.1. The molecule has 5 nitrogen and oxygen atoms in total. The average molecular weight is 346 g/mol. The molecule has 0 aliphatic carbocycles. The van der Waals surface area contributed by atoms with Gasteiger partial charge in [-0.2, -0.15) is 0 Å². The van der Waals surface area contributed by atoms with Gasteiger partial charge in [-0.15, -0.1) is 0 Å². The summed E-state index contributed by atoms with van der Waals surface area (Å²) in [4.78, 5) is 27.2. The van der Waals surface area contributed by atoms with Crippen molar-refractivity contribution in [2.75, 3.05) is 5.32 Å². The number of carbonyl (C=O) groups is 2. The van der Waals surface area contributed by atoms with Crippen LogP contribution < -0.4 is 11.1 Å². The topological polar surface area (TPSA) is 85.1 Å². The van der Waals surface area contributed by atoms with Crippen LogP contribution in [0.3, 0.4) is 0 Å². The van der Waals surface area contributed by atoms with Crippen LogP contribution in [0.25, 0.3) is 6.08 Å². The molecule has 1 heterocycles. The van der Waals surface area contributed by atoms with E-state index in [-0.39, 0.29) is 11.5 Å². The van der Waals surface area contributed by atoms with E-state index >= 15 is 0 Å². The summed E-state index contributed by atoms with van der Waals surface area (Å²) < 4.78 is 0.709. The van der Waals surface area contributed by atoms with Crippen LogP contribution in [0.4, 0.5) is 5.69 Å². The van der Waals surface area contributed by atoms with Gasteiger partial charge in [0.25, 0.3) is 5.91 Å². The van der Waals surface area contributed by atoms with Crippen LogP contribution in [0.5, 0.6) is 0 Å².